The first-order valence-electron chi connectivity index (χ1n) is 14.0. The number of benzene rings is 2. The number of esters is 2. The van der Waals surface area contributed by atoms with Crippen LogP contribution in [0.3, 0.4) is 0 Å². The van der Waals surface area contributed by atoms with E-state index in [-0.39, 0.29) is 24.5 Å². The van der Waals surface area contributed by atoms with Gasteiger partial charge < -0.3 is 9.47 Å². The minimum atomic E-state index is -0.425. The summed E-state index contributed by atoms with van der Waals surface area (Å²) in [6, 6.07) is 15.4. The first-order valence-corrected chi connectivity index (χ1v) is 14.0. The molecule has 1 aliphatic rings. The summed E-state index contributed by atoms with van der Waals surface area (Å²) in [7, 11) is 0. The quantitative estimate of drug-likeness (QED) is 0.283. The predicted molar refractivity (Wildman–Crippen MR) is 145 cm³/mol. The second-order valence-corrected chi connectivity index (χ2v) is 10.8. The predicted octanol–water partition coefficient (Wildman–Crippen LogP) is 7.83. The highest BCUT2D eigenvalue weighted by atomic mass is 16.6. The molecule has 0 N–H and O–H groups in total. The third-order valence-electron chi connectivity index (χ3n) is 7.75. The first-order chi connectivity index (χ1) is 17.4. The van der Waals surface area contributed by atoms with Crippen LogP contribution in [-0.4, -0.2) is 24.6 Å². The number of carbonyl (C=O) groups excluding carboxylic acids is 2. The average molecular weight is 493 g/mol. The SMILES string of the molecule is CCC(C)Cc1ccc(C(=O)OCC(OC(=O)c2ccc(CC(C)CC)cc2)C2CCCCC2)cc1. The maximum atomic E-state index is 13.0. The molecule has 0 aliphatic heterocycles. The van der Waals surface area contributed by atoms with E-state index < -0.39 is 6.10 Å². The van der Waals surface area contributed by atoms with Gasteiger partial charge in [-0.25, -0.2) is 9.59 Å². The van der Waals surface area contributed by atoms with Crippen LogP contribution < -0.4 is 0 Å². The summed E-state index contributed by atoms with van der Waals surface area (Å²) >= 11 is 0. The molecular formula is C32H44O4. The summed E-state index contributed by atoms with van der Waals surface area (Å²) in [6.45, 7) is 8.94. The molecule has 4 heteroatoms. The molecule has 0 heterocycles. The molecule has 1 aliphatic carbocycles. The molecule has 196 valence electrons. The molecule has 4 nitrogen and oxygen atoms in total. The summed E-state index contributed by atoms with van der Waals surface area (Å²) in [5.74, 6) is 0.745. The van der Waals surface area contributed by atoms with E-state index >= 15 is 0 Å². The number of hydrogen-bond acceptors (Lipinski definition) is 4. The largest absolute Gasteiger partial charge is 0.458 e. The lowest BCUT2D eigenvalue weighted by Gasteiger charge is -2.29. The Labute approximate surface area is 217 Å². The Morgan fingerprint density at radius 1 is 0.750 bits per heavy atom. The second kappa shape index (κ2) is 14.2. The fourth-order valence-corrected chi connectivity index (χ4v) is 4.87. The average Bonchev–Trinajstić information content (AvgIpc) is 2.91. The number of ether oxygens (including phenoxy) is 2. The fraction of sp³-hybridized carbons (Fsp3) is 0.562. The van der Waals surface area contributed by atoms with Crippen molar-refractivity contribution in [2.24, 2.45) is 17.8 Å². The number of rotatable bonds is 12. The minimum absolute atomic E-state index is 0.0932. The van der Waals surface area contributed by atoms with Crippen LogP contribution in [0.25, 0.3) is 0 Å². The van der Waals surface area contributed by atoms with Crippen molar-refractivity contribution in [2.75, 3.05) is 6.61 Å². The van der Waals surface area contributed by atoms with E-state index in [1.54, 1.807) is 0 Å². The number of hydrogen-bond donors (Lipinski definition) is 0. The Morgan fingerprint density at radius 3 is 1.69 bits per heavy atom. The van der Waals surface area contributed by atoms with Gasteiger partial charge in [0.2, 0.25) is 0 Å². The third kappa shape index (κ3) is 8.50. The summed E-state index contributed by atoms with van der Waals surface area (Å²) in [5, 5.41) is 0. The van der Waals surface area contributed by atoms with Crippen LogP contribution in [-0.2, 0) is 22.3 Å². The lowest BCUT2D eigenvalue weighted by atomic mass is 9.85. The molecule has 3 atom stereocenters. The lowest BCUT2D eigenvalue weighted by molar-refractivity contribution is -0.0247. The van der Waals surface area contributed by atoms with Gasteiger partial charge >= 0.3 is 11.9 Å². The topological polar surface area (TPSA) is 52.6 Å². The zero-order valence-corrected chi connectivity index (χ0v) is 22.6. The third-order valence-corrected chi connectivity index (χ3v) is 7.75. The van der Waals surface area contributed by atoms with E-state index in [9.17, 15) is 9.59 Å². The van der Waals surface area contributed by atoms with Gasteiger partial charge in [-0.05, 0) is 78.8 Å². The van der Waals surface area contributed by atoms with Gasteiger partial charge in [-0.15, -0.1) is 0 Å². The van der Waals surface area contributed by atoms with Crippen molar-refractivity contribution in [1.82, 2.24) is 0 Å². The van der Waals surface area contributed by atoms with Crippen molar-refractivity contribution >= 4 is 11.9 Å². The maximum absolute atomic E-state index is 13.0. The zero-order chi connectivity index (χ0) is 25.9. The fourth-order valence-electron chi connectivity index (χ4n) is 4.87. The van der Waals surface area contributed by atoms with E-state index in [1.807, 2.05) is 48.5 Å². The first kappa shape index (κ1) is 28.0. The molecule has 0 bridgehead atoms. The Kier molecular flexibility index (Phi) is 11.0. The summed E-state index contributed by atoms with van der Waals surface area (Å²) in [6.07, 6.45) is 9.28. The number of carbonyl (C=O) groups is 2. The molecule has 3 rings (SSSR count). The van der Waals surface area contributed by atoms with Crippen LogP contribution in [0.5, 0.6) is 0 Å². The van der Waals surface area contributed by atoms with Gasteiger partial charge in [-0.1, -0.05) is 84.1 Å². The molecular weight excluding hydrogens is 448 g/mol. The monoisotopic (exact) mass is 492 g/mol. The van der Waals surface area contributed by atoms with E-state index in [4.69, 9.17) is 9.47 Å². The van der Waals surface area contributed by atoms with Crippen molar-refractivity contribution in [3.63, 3.8) is 0 Å². The molecule has 2 aromatic carbocycles. The Bertz CT molecular complexity index is 941. The molecule has 0 radical (unpaired) electrons. The van der Waals surface area contributed by atoms with Crippen LogP contribution in [0.4, 0.5) is 0 Å². The van der Waals surface area contributed by atoms with Gasteiger partial charge in [0, 0.05) is 0 Å². The Balaban J connectivity index is 1.61. The molecule has 1 fully saturated rings. The molecule has 36 heavy (non-hydrogen) atoms. The van der Waals surface area contributed by atoms with Crippen molar-refractivity contribution in [2.45, 2.75) is 91.6 Å². The highest BCUT2D eigenvalue weighted by Gasteiger charge is 2.29. The second-order valence-electron chi connectivity index (χ2n) is 10.8. The summed E-state index contributed by atoms with van der Waals surface area (Å²) < 4.78 is 11.6. The molecule has 0 aromatic heterocycles. The van der Waals surface area contributed by atoms with Crippen molar-refractivity contribution < 1.29 is 19.1 Å². The normalized spacial score (nSPS) is 16.7. The summed E-state index contributed by atoms with van der Waals surface area (Å²) in [5.41, 5.74) is 3.54. The molecule has 3 unspecified atom stereocenters. The molecule has 0 saturated heterocycles. The van der Waals surface area contributed by atoms with Crippen molar-refractivity contribution in [1.29, 1.82) is 0 Å². The van der Waals surface area contributed by atoms with Crippen molar-refractivity contribution in [3.05, 3.63) is 70.8 Å². The highest BCUT2D eigenvalue weighted by Crippen LogP contribution is 2.29. The van der Waals surface area contributed by atoms with Gasteiger partial charge in [0.1, 0.15) is 12.7 Å². The van der Waals surface area contributed by atoms with Crippen LogP contribution in [0.1, 0.15) is 104 Å². The Morgan fingerprint density at radius 2 is 1.22 bits per heavy atom. The molecule has 0 amide bonds. The van der Waals surface area contributed by atoms with Crippen LogP contribution in [0, 0.1) is 17.8 Å². The van der Waals surface area contributed by atoms with E-state index in [2.05, 4.69) is 27.7 Å². The van der Waals surface area contributed by atoms with E-state index in [0.717, 1.165) is 51.4 Å². The van der Waals surface area contributed by atoms with Gasteiger partial charge in [-0.3, -0.25) is 0 Å². The van der Waals surface area contributed by atoms with Crippen LogP contribution in [0.15, 0.2) is 48.5 Å². The highest BCUT2D eigenvalue weighted by molar-refractivity contribution is 5.90. The standard InChI is InChI=1S/C32H44O4/c1-5-23(3)20-25-12-16-28(17-13-25)31(33)35-22-30(27-10-8-7-9-11-27)36-32(34)29-18-14-26(15-19-29)21-24(4)6-2/h12-19,23-24,27,30H,5-11,20-22H2,1-4H3. The van der Waals surface area contributed by atoms with Gasteiger partial charge in [-0.2, -0.15) is 0 Å². The maximum Gasteiger partial charge on any atom is 0.338 e. The minimum Gasteiger partial charge on any atom is -0.458 e. The molecule has 1 saturated carbocycles. The van der Waals surface area contributed by atoms with Crippen molar-refractivity contribution in [3.8, 4) is 0 Å². The summed E-state index contributed by atoms with van der Waals surface area (Å²) in [4.78, 5) is 25.8. The Hall–Kier alpha value is -2.62. The van der Waals surface area contributed by atoms with Crippen LogP contribution >= 0.6 is 0 Å². The van der Waals surface area contributed by atoms with E-state index in [0.29, 0.717) is 23.0 Å². The van der Waals surface area contributed by atoms with Gasteiger partial charge in [0.25, 0.3) is 0 Å². The lowest BCUT2D eigenvalue weighted by Crippen LogP contribution is -2.33. The smallest absolute Gasteiger partial charge is 0.338 e. The molecule has 0 spiro atoms. The van der Waals surface area contributed by atoms with E-state index in [1.165, 1.54) is 17.5 Å². The van der Waals surface area contributed by atoms with Gasteiger partial charge in [0.15, 0.2) is 0 Å². The van der Waals surface area contributed by atoms with Crippen LogP contribution in [0.2, 0.25) is 0 Å². The zero-order valence-electron chi connectivity index (χ0n) is 22.6. The van der Waals surface area contributed by atoms with Gasteiger partial charge in [0.05, 0.1) is 11.1 Å². The molecule has 2 aromatic rings.